The number of nitrogens with one attached hydrogen (secondary N) is 1. The maximum atomic E-state index is 13.4. The van der Waals surface area contributed by atoms with Gasteiger partial charge in [-0.05, 0) is 56.2 Å². The van der Waals surface area contributed by atoms with E-state index >= 15 is 0 Å². The number of aromatic amines is 1. The number of aryl methyl sites for hydroxylation is 1. The van der Waals surface area contributed by atoms with E-state index in [2.05, 4.69) is 17.0 Å². The standard InChI is InChI=1S/C23H28N4O3.CO2/c1-14-4-3-7-26(13-14)23(29)17-11-18-20(10-15(17)2)25-22(28)19-12-24-27(21(18)19)16-5-8-30-9-6-16;2-1-3/h10-12,14,16H,3-9,13H2,1-2H3,(H,25,28);. The summed E-state index contributed by atoms with van der Waals surface area (Å²) in [7, 11) is 0. The topological polar surface area (TPSA) is 114 Å². The van der Waals surface area contributed by atoms with Crippen molar-refractivity contribution in [1.82, 2.24) is 19.7 Å². The summed E-state index contributed by atoms with van der Waals surface area (Å²) in [6.45, 7) is 7.15. The van der Waals surface area contributed by atoms with Crippen LogP contribution in [-0.4, -0.2) is 58.0 Å². The van der Waals surface area contributed by atoms with Gasteiger partial charge in [0.05, 0.1) is 28.7 Å². The fraction of sp³-hybridized carbons (Fsp3) is 0.500. The number of hydrogen-bond acceptors (Lipinski definition) is 6. The second kappa shape index (κ2) is 9.68. The molecule has 5 rings (SSSR count). The third-order valence-electron chi connectivity index (χ3n) is 6.62. The Balaban J connectivity index is 0.000000821. The minimum atomic E-state index is -0.140. The highest BCUT2D eigenvalue weighted by Gasteiger charge is 2.25. The van der Waals surface area contributed by atoms with E-state index in [4.69, 9.17) is 14.3 Å². The molecule has 2 aliphatic heterocycles. The van der Waals surface area contributed by atoms with Crippen LogP contribution in [0.1, 0.15) is 54.6 Å². The number of likely N-dealkylation sites (tertiary alicyclic amines) is 1. The van der Waals surface area contributed by atoms with E-state index in [0.717, 1.165) is 54.3 Å². The number of carbonyl (C=O) groups is 1. The molecule has 0 radical (unpaired) electrons. The summed E-state index contributed by atoms with van der Waals surface area (Å²) in [4.78, 5) is 47.3. The maximum Gasteiger partial charge on any atom is 0.373 e. The van der Waals surface area contributed by atoms with Crippen LogP contribution in [0.25, 0.3) is 21.8 Å². The first-order valence-corrected chi connectivity index (χ1v) is 11.3. The van der Waals surface area contributed by atoms with E-state index < -0.39 is 0 Å². The molecular weight excluding hydrogens is 424 g/mol. The first-order chi connectivity index (χ1) is 15.9. The van der Waals surface area contributed by atoms with Gasteiger partial charge in [-0.15, -0.1) is 0 Å². The Morgan fingerprint density at radius 2 is 1.91 bits per heavy atom. The van der Waals surface area contributed by atoms with Crippen LogP contribution in [0.2, 0.25) is 0 Å². The van der Waals surface area contributed by atoms with E-state index in [-0.39, 0.29) is 23.7 Å². The van der Waals surface area contributed by atoms with Crippen molar-refractivity contribution >= 4 is 33.9 Å². The molecule has 0 saturated carbocycles. The molecular formula is C24H28N4O5. The van der Waals surface area contributed by atoms with Gasteiger partial charge in [-0.2, -0.15) is 14.7 Å². The molecule has 174 valence electrons. The Morgan fingerprint density at radius 3 is 2.61 bits per heavy atom. The van der Waals surface area contributed by atoms with Crippen molar-refractivity contribution in [2.24, 2.45) is 5.92 Å². The van der Waals surface area contributed by atoms with Crippen molar-refractivity contribution in [2.45, 2.75) is 45.6 Å². The van der Waals surface area contributed by atoms with Crippen molar-refractivity contribution in [3.05, 3.63) is 39.8 Å². The van der Waals surface area contributed by atoms with Crippen LogP contribution in [0.15, 0.2) is 23.1 Å². The normalized spacial score (nSPS) is 19.2. The second-order valence-corrected chi connectivity index (χ2v) is 8.94. The van der Waals surface area contributed by atoms with E-state index in [9.17, 15) is 9.59 Å². The van der Waals surface area contributed by atoms with Crippen LogP contribution in [0, 0.1) is 12.8 Å². The third kappa shape index (κ3) is 4.47. The highest BCUT2D eigenvalue weighted by atomic mass is 16.5. The smallest absolute Gasteiger partial charge is 0.373 e. The Bertz CT molecular complexity index is 1270. The Labute approximate surface area is 190 Å². The highest BCUT2D eigenvalue weighted by molar-refractivity contribution is 6.07. The van der Waals surface area contributed by atoms with Gasteiger partial charge >= 0.3 is 6.15 Å². The lowest BCUT2D eigenvalue weighted by Gasteiger charge is -2.31. The summed E-state index contributed by atoms with van der Waals surface area (Å²) in [5, 5.41) is 6.03. The fourth-order valence-electron chi connectivity index (χ4n) is 4.97. The Hall–Kier alpha value is -3.29. The number of amides is 1. The number of pyridine rings is 1. The summed E-state index contributed by atoms with van der Waals surface area (Å²) < 4.78 is 7.48. The largest absolute Gasteiger partial charge is 0.381 e. The van der Waals surface area contributed by atoms with Crippen molar-refractivity contribution in [3.63, 3.8) is 0 Å². The number of benzene rings is 1. The lowest BCUT2D eigenvalue weighted by molar-refractivity contribution is -0.191. The average Bonchev–Trinajstić information content (AvgIpc) is 3.26. The zero-order chi connectivity index (χ0) is 23.5. The highest BCUT2D eigenvalue weighted by Crippen LogP contribution is 2.30. The molecule has 2 fully saturated rings. The summed E-state index contributed by atoms with van der Waals surface area (Å²) >= 11 is 0. The zero-order valence-corrected chi connectivity index (χ0v) is 18.9. The number of fused-ring (bicyclic) bond motifs is 3. The van der Waals surface area contributed by atoms with Gasteiger partial charge in [0, 0.05) is 37.3 Å². The molecule has 1 N–H and O–H groups in total. The van der Waals surface area contributed by atoms with E-state index in [0.29, 0.717) is 30.1 Å². The first-order valence-electron chi connectivity index (χ1n) is 11.3. The van der Waals surface area contributed by atoms with Gasteiger partial charge in [0.15, 0.2) is 0 Å². The van der Waals surface area contributed by atoms with E-state index in [1.165, 1.54) is 6.42 Å². The van der Waals surface area contributed by atoms with E-state index in [1.54, 1.807) is 6.20 Å². The molecule has 2 aromatic heterocycles. The molecule has 2 aliphatic rings. The zero-order valence-electron chi connectivity index (χ0n) is 18.9. The number of H-pyrrole nitrogens is 1. The summed E-state index contributed by atoms with van der Waals surface area (Å²) in [6.07, 6.45) is 5.86. The maximum absolute atomic E-state index is 13.4. The number of aromatic nitrogens is 3. The average molecular weight is 453 g/mol. The molecule has 3 aromatic rings. The molecule has 0 bridgehead atoms. The number of rotatable bonds is 2. The molecule has 0 aliphatic carbocycles. The number of hydrogen-bond donors (Lipinski definition) is 1. The van der Waals surface area contributed by atoms with Gasteiger partial charge in [0.1, 0.15) is 0 Å². The molecule has 9 heteroatoms. The Morgan fingerprint density at radius 1 is 1.18 bits per heavy atom. The van der Waals surface area contributed by atoms with Gasteiger partial charge in [-0.1, -0.05) is 6.92 Å². The third-order valence-corrected chi connectivity index (χ3v) is 6.62. The molecule has 4 heterocycles. The minimum Gasteiger partial charge on any atom is -0.381 e. The van der Waals surface area contributed by atoms with Gasteiger partial charge in [-0.25, -0.2) is 0 Å². The van der Waals surface area contributed by atoms with Crippen LogP contribution >= 0.6 is 0 Å². The number of nitrogens with zero attached hydrogens (tertiary/aromatic N) is 3. The SMILES string of the molecule is Cc1cc2[nH]c(=O)c3cnn(C4CCOCC4)c3c2cc1C(=O)N1CCCC(C)C1.O=C=O. The van der Waals surface area contributed by atoms with Gasteiger partial charge in [0.2, 0.25) is 0 Å². The summed E-state index contributed by atoms with van der Waals surface area (Å²) in [5.74, 6) is 0.610. The van der Waals surface area contributed by atoms with Gasteiger partial charge < -0.3 is 14.6 Å². The first kappa shape index (κ1) is 22.9. The second-order valence-electron chi connectivity index (χ2n) is 8.94. The van der Waals surface area contributed by atoms with Crippen LogP contribution in [0.3, 0.4) is 0 Å². The van der Waals surface area contributed by atoms with Gasteiger partial charge in [0.25, 0.3) is 11.5 Å². The minimum absolute atomic E-state index is 0.0810. The Kier molecular flexibility index (Phi) is 6.72. The fourth-order valence-corrected chi connectivity index (χ4v) is 4.97. The molecule has 2 saturated heterocycles. The molecule has 1 unspecified atom stereocenters. The van der Waals surface area contributed by atoms with Crippen LogP contribution in [0.5, 0.6) is 0 Å². The predicted molar refractivity (Wildman–Crippen MR) is 121 cm³/mol. The number of ether oxygens (including phenoxy) is 1. The van der Waals surface area contributed by atoms with Crippen LogP contribution in [-0.2, 0) is 14.3 Å². The van der Waals surface area contributed by atoms with Gasteiger partial charge in [-0.3, -0.25) is 14.3 Å². The monoisotopic (exact) mass is 452 g/mol. The lowest BCUT2D eigenvalue weighted by atomic mass is 9.97. The predicted octanol–water partition coefficient (Wildman–Crippen LogP) is 2.83. The number of carbonyl (C=O) groups excluding carboxylic acids is 3. The van der Waals surface area contributed by atoms with Crippen molar-refractivity contribution in [1.29, 1.82) is 0 Å². The molecule has 1 aromatic carbocycles. The van der Waals surface area contributed by atoms with Crippen molar-refractivity contribution in [2.75, 3.05) is 26.3 Å². The molecule has 1 amide bonds. The quantitative estimate of drug-likeness (QED) is 0.639. The summed E-state index contributed by atoms with van der Waals surface area (Å²) in [5.41, 5.74) is 3.03. The molecule has 9 nitrogen and oxygen atoms in total. The van der Waals surface area contributed by atoms with E-state index in [1.807, 2.05) is 28.6 Å². The molecule has 1 atom stereocenters. The van der Waals surface area contributed by atoms with Crippen LogP contribution < -0.4 is 5.56 Å². The molecule has 0 spiro atoms. The lowest BCUT2D eigenvalue weighted by Crippen LogP contribution is -2.39. The van der Waals surface area contributed by atoms with Crippen molar-refractivity contribution in [3.8, 4) is 0 Å². The van der Waals surface area contributed by atoms with Crippen molar-refractivity contribution < 1.29 is 19.1 Å². The van der Waals surface area contributed by atoms with Crippen LogP contribution in [0.4, 0.5) is 0 Å². The molecule has 33 heavy (non-hydrogen) atoms. The summed E-state index contributed by atoms with van der Waals surface area (Å²) in [6, 6.07) is 4.09. The number of piperidine rings is 1.